The Hall–Kier alpha value is -2.82. The van der Waals surface area contributed by atoms with Gasteiger partial charge in [0.05, 0.1) is 6.54 Å². The standard InChI is InChI=1S/C17H19N3O2/c1-12-8-9-15(13(2)10-12)20-16(21)11-18-17(22)19-14-6-4-3-5-7-14/h3-10H,11H2,1-2H3,(H,20,21)(H2,18,19,22). The van der Waals surface area contributed by atoms with Crippen LogP contribution < -0.4 is 16.0 Å². The smallest absolute Gasteiger partial charge is 0.319 e. The van der Waals surface area contributed by atoms with Crippen molar-refractivity contribution >= 4 is 23.3 Å². The number of carbonyl (C=O) groups excluding carboxylic acids is 2. The molecule has 0 aliphatic carbocycles. The molecule has 5 heteroatoms. The third kappa shape index (κ3) is 4.63. The van der Waals surface area contributed by atoms with E-state index in [1.54, 1.807) is 12.1 Å². The van der Waals surface area contributed by atoms with Crippen LogP contribution in [0.4, 0.5) is 16.2 Å². The molecule has 2 aromatic carbocycles. The number of nitrogens with one attached hydrogen (secondary N) is 3. The Balaban J connectivity index is 1.81. The van der Waals surface area contributed by atoms with Gasteiger partial charge in [-0.1, -0.05) is 35.9 Å². The Morgan fingerprint density at radius 2 is 1.68 bits per heavy atom. The molecule has 0 heterocycles. The van der Waals surface area contributed by atoms with Gasteiger partial charge in [0.15, 0.2) is 0 Å². The van der Waals surface area contributed by atoms with Crippen molar-refractivity contribution in [3.8, 4) is 0 Å². The van der Waals surface area contributed by atoms with Gasteiger partial charge in [-0.25, -0.2) is 4.79 Å². The Morgan fingerprint density at radius 3 is 2.36 bits per heavy atom. The van der Waals surface area contributed by atoms with Crippen molar-refractivity contribution in [1.82, 2.24) is 5.32 Å². The molecule has 0 unspecified atom stereocenters. The molecule has 114 valence electrons. The van der Waals surface area contributed by atoms with Crippen LogP contribution in [0.2, 0.25) is 0 Å². The molecule has 2 rings (SSSR count). The summed E-state index contributed by atoms with van der Waals surface area (Å²) in [6.07, 6.45) is 0. The molecule has 3 N–H and O–H groups in total. The molecule has 0 bridgehead atoms. The Labute approximate surface area is 129 Å². The van der Waals surface area contributed by atoms with E-state index in [9.17, 15) is 9.59 Å². The van der Waals surface area contributed by atoms with E-state index in [4.69, 9.17) is 0 Å². The minimum Gasteiger partial charge on any atom is -0.329 e. The summed E-state index contributed by atoms with van der Waals surface area (Å²) in [5.74, 6) is -0.268. The molecular weight excluding hydrogens is 278 g/mol. The molecule has 5 nitrogen and oxygen atoms in total. The predicted molar refractivity (Wildman–Crippen MR) is 88.0 cm³/mol. The lowest BCUT2D eigenvalue weighted by Gasteiger charge is -2.10. The minimum absolute atomic E-state index is 0.0913. The second kappa shape index (κ2) is 7.26. The number of benzene rings is 2. The van der Waals surface area contributed by atoms with Crippen molar-refractivity contribution < 1.29 is 9.59 Å². The number of para-hydroxylation sites is 1. The highest BCUT2D eigenvalue weighted by Gasteiger charge is 2.07. The highest BCUT2D eigenvalue weighted by atomic mass is 16.2. The van der Waals surface area contributed by atoms with Crippen LogP contribution in [0.3, 0.4) is 0 Å². The van der Waals surface area contributed by atoms with Crippen LogP contribution in [0.1, 0.15) is 11.1 Å². The maximum Gasteiger partial charge on any atom is 0.319 e. The summed E-state index contributed by atoms with van der Waals surface area (Å²) in [6.45, 7) is 3.83. The van der Waals surface area contributed by atoms with Crippen LogP contribution in [0.25, 0.3) is 0 Å². The Kier molecular flexibility index (Phi) is 5.14. The maximum absolute atomic E-state index is 11.9. The van der Waals surface area contributed by atoms with Gasteiger partial charge in [-0.2, -0.15) is 0 Å². The van der Waals surface area contributed by atoms with Gasteiger partial charge in [-0.3, -0.25) is 4.79 Å². The van der Waals surface area contributed by atoms with Gasteiger partial charge in [0.25, 0.3) is 0 Å². The lowest BCUT2D eigenvalue weighted by Crippen LogP contribution is -2.35. The van der Waals surface area contributed by atoms with E-state index >= 15 is 0 Å². The first-order valence-electron chi connectivity index (χ1n) is 7.01. The maximum atomic E-state index is 11.9. The molecule has 0 aliphatic rings. The van der Waals surface area contributed by atoms with Gasteiger partial charge in [0.1, 0.15) is 0 Å². The van der Waals surface area contributed by atoms with Crippen molar-refractivity contribution in [2.45, 2.75) is 13.8 Å². The molecule has 2 aromatic rings. The zero-order valence-electron chi connectivity index (χ0n) is 12.6. The first kappa shape index (κ1) is 15.6. The first-order chi connectivity index (χ1) is 10.5. The topological polar surface area (TPSA) is 70.2 Å². The molecule has 0 aromatic heterocycles. The van der Waals surface area contributed by atoms with Crippen molar-refractivity contribution in [3.63, 3.8) is 0 Å². The Morgan fingerprint density at radius 1 is 0.955 bits per heavy atom. The summed E-state index contributed by atoms with van der Waals surface area (Å²) >= 11 is 0. The average molecular weight is 297 g/mol. The molecule has 0 saturated heterocycles. The van der Waals surface area contributed by atoms with E-state index in [2.05, 4.69) is 16.0 Å². The highest BCUT2D eigenvalue weighted by molar-refractivity contribution is 5.97. The summed E-state index contributed by atoms with van der Waals surface area (Å²) in [5.41, 5.74) is 3.55. The third-order valence-electron chi connectivity index (χ3n) is 3.10. The second-order valence-electron chi connectivity index (χ2n) is 5.04. The number of hydrogen-bond acceptors (Lipinski definition) is 2. The quantitative estimate of drug-likeness (QED) is 0.811. The normalized spacial score (nSPS) is 9.91. The van der Waals surface area contributed by atoms with Crippen LogP contribution in [0, 0.1) is 13.8 Å². The van der Waals surface area contributed by atoms with E-state index in [1.165, 1.54) is 0 Å². The number of urea groups is 1. The van der Waals surface area contributed by atoms with Crippen molar-refractivity contribution in [2.24, 2.45) is 0 Å². The molecule has 3 amide bonds. The van der Waals surface area contributed by atoms with Crippen LogP contribution >= 0.6 is 0 Å². The van der Waals surface area contributed by atoms with Gasteiger partial charge >= 0.3 is 6.03 Å². The van der Waals surface area contributed by atoms with E-state index < -0.39 is 6.03 Å². The van der Waals surface area contributed by atoms with Gasteiger partial charge in [0.2, 0.25) is 5.91 Å². The number of rotatable bonds is 4. The summed E-state index contributed by atoms with van der Waals surface area (Å²) in [4.78, 5) is 23.5. The van der Waals surface area contributed by atoms with E-state index in [1.807, 2.05) is 50.2 Å². The van der Waals surface area contributed by atoms with E-state index in [0.29, 0.717) is 5.69 Å². The van der Waals surface area contributed by atoms with Gasteiger partial charge in [-0.05, 0) is 37.6 Å². The molecular formula is C17H19N3O2. The van der Waals surface area contributed by atoms with Crippen LogP contribution in [-0.2, 0) is 4.79 Å². The lowest BCUT2D eigenvalue weighted by molar-refractivity contribution is -0.115. The molecule has 0 fully saturated rings. The minimum atomic E-state index is -0.415. The van der Waals surface area contributed by atoms with Gasteiger partial charge < -0.3 is 16.0 Å². The predicted octanol–water partition coefficient (Wildman–Crippen LogP) is 3.06. The van der Waals surface area contributed by atoms with Crippen LogP contribution in [0.15, 0.2) is 48.5 Å². The highest BCUT2D eigenvalue weighted by Crippen LogP contribution is 2.15. The fraction of sp³-hybridized carbons (Fsp3) is 0.176. The summed E-state index contributed by atoms with van der Waals surface area (Å²) in [7, 11) is 0. The average Bonchev–Trinajstić information content (AvgIpc) is 2.49. The summed E-state index contributed by atoms with van der Waals surface area (Å²) in [6, 6.07) is 14.4. The number of anilines is 2. The molecule has 22 heavy (non-hydrogen) atoms. The zero-order valence-corrected chi connectivity index (χ0v) is 12.6. The number of amides is 3. The number of hydrogen-bond donors (Lipinski definition) is 3. The number of carbonyl (C=O) groups is 2. The van der Waals surface area contributed by atoms with Crippen LogP contribution in [-0.4, -0.2) is 18.5 Å². The van der Waals surface area contributed by atoms with Crippen molar-refractivity contribution in [1.29, 1.82) is 0 Å². The number of aryl methyl sites for hydroxylation is 2. The molecule has 0 radical (unpaired) electrons. The largest absolute Gasteiger partial charge is 0.329 e. The van der Waals surface area contributed by atoms with E-state index in [0.717, 1.165) is 16.8 Å². The Bertz CT molecular complexity index is 669. The lowest BCUT2D eigenvalue weighted by atomic mass is 10.1. The first-order valence-corrected chi connectivity index (χ1v) is 7.01. The SMILES string of the molecule is Cc1ccc(NC(=O)CNC(=O)Nc2ccccc2)c(C)c1. The fourth-order valence-corrected chi connectivity index (χ4v) is 2.01. The molecule has 0 atom stereocenters. The monoisotopic (exact) mass is 297 g/mol. The fourth-order valence-electron chi connectivity index (χ4n) is 2.01. The van der Waals surface area contributed by atoms with Crippen molar-refractivity contribution in [3.05, 3.63) is 59.7 Å². The van der Waals surface area contributed by atoms with Gasteiger partial charge in [-0.15, -0.1) is 0 Å². The van der Waals surface area contributed by atoms with Crippen LogP contribution in [0.5, 0.6) is 0 Å². The molecule has 0 saturated carbocycles. The molecule has 0 spiro atoms. The zero-order chi connectivity index (χ0) is 15.9. The third-order valence-corrected chi connectivity index (χ3v) is 3.10. The summed E-state index contributed by atoms with van der Waals surface area (Å²) < 4.78 is 0. The molecule has 0 aliphatic heterocycles. The second-order valence-corrected chi connectivity index (χ2v) is 5.04. The summed E-state index contributed by atoms with van der Waals surface area (Å²) in [5, 5.41) is 7.95. The van der Waals surface area contributed by atoms with Crippen molar-refractivity contribution in [2.75, 3.05) is 17.2 Å². The van der Waals surface area contributed by atoms with Gasteiger partial charge in [0, 0.05) is 11.4 Å². The van der Waals surface area contributed by atoms with E-state index in [-0.39, 0.29) is 12.5 Å².